The second kappa shape index (κ2) is 61.8. The maximum absolute atomic E-state index is 13.5. The van der Waals surface area contributed by atoms with Crippen molar-refractivity contribution in [3.8, 4) is 0 Å². The lowest BCUT2D eigenvalue weighted by Gasteiger charge is -2.41. The van der Waals surface area contributed by atoms with Gasteiger partial charge in [-0.05, 0) is 64.2 Å². The summed E-state index contributed by atoms with van der Waals surface area (Å²) in [7, 11) is 0. The van der Waals surface area contributed by atoms with E-state index in [1.165, 1.54) is 218 Å². The molecule has 85 heavy (non-hydrogen) atoms. The molecule has 11 nitrogen and oxygen atoms in total. The van der Waals surface area contributed by atoms with E-state index in [1.807, 2.05) is 6.08 Å². The number of hydrogen-bond acceptors (Lipinski definition) is 10. The Morgan fingerprint density at radius 1 is 0.459 bits per heavy atom. The first-order valence-electron chi connectivity index (χ1n) is 36.4. The maximum Gasteiger partial charge on any atom is 0.306 e. The summed E-state index contributed by atoms with van der Waals surface area (Å²) in [6, 6.07) is -1.03. The number of rotatable bonds is 63. The van der Waals surface area contributed by atoms with Crippen molar-refractivity contribution in [3.63, 3.8) is 0 Å². The number of nitrogens with one attached hydrogen (secondary N) is 1. The predicted octanol–water partition coefficient (Wildman–Crippen LogP) is 18.7. The van der Waals surface area contributed by atoms with Crippen LogP contribution >= 0.6 is 0 Å². The molecule has 1 aliphatic rings. The molecule has 0 spiro atoms. The normalized spacial score (nSPS) is 18.6. The Bertz CT molecular complexity index is 1570. The van der Waals surface area contributed by atoms with Crippen LogP contribution in [0.4, 0.5) is 0 Å². The highest BCUT2D eigenvalue weighted by Gasteiger charge is 2.47. The number of unbranched alkanes of at least 4 members (excludes halogenated alkanes) is 43. The van der Waals surface area contributed by atoms with Crippen LogP contribution < -0.4 is 5.32 Å². The fourth-order valence-corrected chi connectivity index (χ4v) is 11.5. The quantitative estimate of drug-likeness (QED) is 0.0195. The van der Waals surface area contributed by atoms with Crippen LogP contribution in [0, 0.1) is 0 Å². The molecule has 498 valence electrons. The van der Waals surface area contributed by atoms with E-state index in [0.29, 0.717) is 12.8 Å². The van der Waals surface area contributed by atoms with Crippen LogP contribution in [0.3, 0.4) is 0 Å². The maximum atomic E-state index is 13.5. The van der Waals surface area contributed by atoms with Gasteiger partial charge in [-0.3, -0.25) is 9.59 Å². The average Bonchev–Trinajstić information content (AvgIpc) is 3.60. The molecule has 1 fully saturated rings. The summed E-state index contributed by atoms with van der Waals surface area (Å²) in [5.41, 5.74) is 0. The molecule has 0 aromatic rings. The van der Waals surface area contributed by atoms with Gasteiger partial charge in [-0.1, -0.05) is 326 Å². The molecule has 0 bridgehead atoms. The molecule has 1 heterocycles. The summed E-state index contributed by atoms with van der Waals surface area (Å²) in [6.45, 7) is 5.80. The zero-order valence-electron chi connectivity index (χ0n) is 55.5. The zero-order chi connectivity index (χ0) is 61.7. The molecular weight excluding hydrogens is 1060 g/mol. The smallest absolute Gasteiger partial charge is 0.306 e. The molecule has 1 rings (SSSR count). The molecule has 6 N–H and O–H groups in total. The number of hydrogen-bond donors (Lipinski definition) is 6. The Morgan fingerprint density at radius 2 is 0.812 bits per heavy atom. The van der Waals surface area contributed by atoms with Crippen LogP contribution in [0.15, 0.2) is 48.6 Å². The summed E-state index contributed by atoms with van der Waals surface area (Å²) in [5.74, 6) is -1.19. The summed E-state index contributed by atoms with van der Waals surface area (Å²) in [5, 5.41) is 57.2. The number of aliphatic hydroxyl groups excluding tert-OH is 5. The van der Waals surface area contributed by atoms with Gasteiger partial charge >= 0.3 is 5.97 Å². The molecule has 0 aromatic carbocycles. The van der Waals surface area contributed by atoms with Gasteiger partial charge in [0.1, 0.15) is 24.4 Å². The van der Waals surface area contributed by atoms with Gasteiger partial charge in [0, 0.05) is 6.42 Å². The van der Waals surface area contributed by atoms with Crippen molar-refractivity contribution >= 4 is 11.9 Å². The lowest BCUT2D eigenvalue weighted by Crippen LogP contribution is -2.61. The average molecular weight is 1200 g/mol. The van der Waals surface area contributed by atoms with Gasteiger partial charge in [0.05, 0.1) is 25.4 Å². The Labute approximate surface area is 523 Å². The minimum Gasteiger partial charge on any atom is -0.454 e. The highest BCUT2D eigenvalue weighted by atomic mass is 16.7. The van der Waals surface area contributed by atoms with Crippen molar-refractivity contribution in [2.45, 2.75) is 397 Å². The molecule has 0 radical (unpaired) electrons. The first kappa shape index (κ1) is 80.6. The summed E-state index contributed by atoms with van der Waals surface area (Å²) in [4.78, 5) is 26.7. The van der Waals surface area contributed by atoms with Gasteiger partial charge in [0.2, 0.25) is 5.91 Å². The van der Waals surface area contributed by atoms with Crippen LogP contribution in [-0.2, 0) is 23.8 Å². The minimum atomic E-state index is -1.61. The molecule has 1 saturated heterocycles. The third-order valence-electron chi connectivity index (χ3n) is 17.2. The van der Waals surface area contributed by atoms with Crippen LogP contribution in [-0.4, -0.2) is 99.6 Å². The number of amides is 1. The molecular formula is C74H137NO10. The van der Waals surface area contributed by atoms with E-state index >= 15 is 0 Å². The lowest BCUT2D eigenvalue weighted by molar-refractivity contribution is -0.305. The number of carbonyl (C=O) groups is 2. The number of esters is 1. The van der Waals surface area contributed by atoms with Crippen molar-refractivity contribution < 1.29 is 49.3 Å². The topological polar surface area (TPSA) is 175 Å². The first-order valence-corrected chi connectivity index (χ1v) is 36.4. The van der Waals surface area contributed by atoms with Crippen molar-refractivity contribution in [2.75, 3.05) is 13.2 Å². The molecule has 8 atom stereocenters. The van der Waals surface area contributed by atoms with E-state index in [4.69, 9.17) is 14.2 Å². The largest absolute Gasteiger partial charge is 0.454 e. The van der Waals surface area contributed by atoms with Gasteiger partial charge in [-0.25, -0.2) is 0 Å². The fourth-order valence-electron chi connectivity index (χ4n) is 11.5. The Kier molecular flexibility index (Phi) is 58.7. The number of carbonyl (C=O) groups excluding carboxylic acids is 2. The summed E-state index contributed by atoms with van der Waals surface area (Å²) in [6.07, 6.45) is 67.3. The van der Waals surface area contributed by atoms with Gasteiger partial charge < -0.3 is 45.1 Å². The number of aliphatic hydroxyl groups is 5. The molecule has 0 aromatic heterocycles. The van der Waals surface area contributed by atoms with E-state index in [-0.39, 0.29) is 19.4 Å². The summed E-state index contributed by atoms with van der Waals surface area (Å²) >= 11 is 0. The van der Waals surface area contributed by atoms with Gasteiger partial charge in [-0.15, -0.1) is 0 Å². The van der Waals surface area contributed by atoms with Crippen molar-refractivity contribution in [1.82, 2.24) is 5.32 Å². The van der Waals surface area contributed by atoms with Crippen molar-refractivity contribution in [3.05, 3.63) is 48.6 Å². The van der Waals surface area contributed by atoms with Gasteiger partial charge in [0.25, 0.3) is 0 Å². The Balaban J connectivity index is 2.53. The third kappa shape index (κ3) is 49.1. The Morgan fingerprint density at radius 3 is 1.24 bits per heavy atom. The fraction of sp³-hybridized carbons (Fsp3) is 0.865. The van der Waals surface area contributed by atoms with Gasteiger partial charge in [-0.2, -0.15) is 0 Å². The lowest BCUT2D eigenvalue weighted by atomic mass is 9.99. The van der Waals surface area contributed by atoms with Crippen LogP contribution in [0.25, 0.3) is 0 Å². The SMILES string of the molecule is CCCCC/C=C\C/C=C\C/C=C\CCCCCCCCCC(O)C(=O)NC(COC1OC(CO)C(O)C(O)C1OC(=O)CCCCCCCCCCCCCCCCCCCCCCCCCCC)C(O)/C=C/CCCCCCCCCCC. The standard InChI is InChI=1S/C74H137NO10/c1-4-7-10-13-16-19-22-24-26-28-30-32-33-34-35-36-38-40-42-44-47-50-53-56-59-62-69(79)85-72-71(81)70(80)68(63-76)84-74(72)83-64-65(66(77)60-57-54-51-48-45-21-18-15-12-9-6-3)75-73(82)67(78)61-58-55-52-49-46-43-41-39-37-31-29-27-25-23-20-17-14-11-8-5-2/h17,20,25,27,31,37,57,60,65-68,70-72,74,76-78,80-81H,4-16,18-19,21-24,26,28-30,32-36,38-56,58-59,61-64H2,1-3H3,(H,75,82)/b20-17-,27-25-,37-31-,60-57+. The monoisotopic (exact) mass is 1200 g/mol. The molecule has 0 saturated carbocycles. The van der Waals surface area contributed by atoms with E-state index < -0.39 is 67.4 Å². The van der Waals surface area contributed by atoms with Gasteiger partial charge in [0.15, 0.2) is 12.4 Å². The second-order valence-electron chi connectivity index (χ2n) is 25.3. The third-order valence-corrected chi connectivity index (χ3v) is 17.2. The highest BCUT2D eigenvalue weighted by molar-refractivity contribution is 5.80. The number of ether oxygens (including phenoxy) is 3. The molecule has 11 heteroatoms. The zero-order valence-corrected chi connectivity index (χ0v) is 55.5. The first-order chi connectivity index (χ1) is 41.7. The van der Waals surface area contributed by atoms with E-state index in [1.54, 1.807) is 6.08 Å². The van der Waals surface area contributed by atoms with Crippen molar-refractivity contribution in [2.24, 2.45) is 0 Å². The highest BCUT2D eigenvalue weighted by Crippen LogP contribution is 2.26. The van der Waals surface area contributed by atoms with Crippen LogP contribution in [0.2, 0.25) is 0 Å². The molecule has 8 unspecified atom stereocenters. The molecule has 1 amide bonds. The van der Waals surface area contributed by atoms with Crippen LogP contribution in [0.5, 0.6) is 0 Å². The number of allylic oxidation sites excluding steroid dienone is 7. The van der Waals surface area contributed by atoms with Crippen LogP contribution in [0.1, 0.15) is 348 Å². The minimum absolute atomic E-state index is 0.127. The molecule has 1 aliphatic heterocycles. The predicted molar refractivity (Wildman–Crippen MR) is 357 cm³/mol. The van der Waals surface area contributed by atoms with E-state index in [2.05, 4.69) is 62.5 Å². The Hall–Kier alpha value is -2.38. The second-order valence-corrected chi connectivity index (χ2v) is 25.3. The van der Waals surface area contributed by atoms with E-state index in [0.717, 1.165) is 83.5 Å². The van der Waals surface area contributed by atoms with Crippen molar-refractivity contribution in [1.29, 1.82) is 0 Å². The summed E-state index contributed by atoms with van der Waals surface area (Å²) < 4.78 is 17.7. The molecule has 0 aliphatic carbocycles. The van der Waals surface area contributed by atoms with E-state index in [9.17, 15) is 35.1 Å².